The molecule has 0 aliphatic heterocycles. The summed E-state index contributed by atoms with van der Waals surface area (Å²) in [5.74, 6) is -0.659. The minimum Gasteiger partial charge on any atom is -0.357 e. The number of amides is 2. The predicted octanol–water partition coefficient (Wildman–Crippen LogP) is 6.22. The number of nitriles is 1. The van der Waals surface area contributed by atoms with Crippen molar-refractivity contribution in [3.63, 3.8) is 0 Å². The number of carbonyl (C=O) groups excluding carboxylic acids is 2. The van der Waals surface area contributed by atoms with Gasteiger partial charge in [0.1, 0.15) is 11.8 Å². The van der Waals surface area contributed by atoms with Gasteiger partial charge in [0.2, 0.25) is 31.9 Å². The molecule has 0 saturated carbocycles. The number of aryl methyl sites for hydroxylation is 1. The molecule has 0 radical (unpaired) electrons. The monoisotopic (exact) mass is 831 g/mol. The molecular weight excluding hydrogens is 798 g/mol. The van der Waals surface area contributed by atoms with Gasteiger partial charge in [0, 0.05) is 64.6 Å². The van der Waals surface area contributed by atoms with Crippen LogP contribution in [-0.4, -0.2) is 37.8 Å². The summed E-state index contributed by atoms with van der Waals surface area (Å²) in [6, 6.07) is 30.1. The molecule has 17 heteroatoms. The van der Waals surface area contributed by atoms with Crippen LogP contribution in [0.15, 0.2) is 125 Å². The summed E-state index contributed by atoms with van der Waals surface area (Å²) in [6.07, 6.45) is 3.71. The van der Waals surface area contributed by atoms with Crippen LogP contribution in [0.3, 0.4) is 0 Å². The van der Waals surface area contributed by atoms with Crippen molar-refractivity contribution in [2.45, 2.75) is 22.6 Å². The normalized spacial score (nSPS) is 11.2. The van der Waals surface area contributed by atoms with Crippen molar-refractivity contribution in [2.75, 3.05) is 10.6 Å². The molecule has 2 heterocycles. The highest BCUT2D eigenvalue weighted by Crippen LogP contribution is 2.32. The fourth-order valence-electron chi connectivity index (χ4n) is 5.72. The Labute approximate surface area is 334 Å². The number of benzene rings is 4. The molecule has 0 spiro atoms. The van der Waals surface area contributed by atoms with Crippen LogP contribution in [0.25, 0.3) is 22.4 Å². The number of anilines is 2. The molecule has 0 aliphatic carbocycles. The first-order chi connectivity index (χ1) is 26.4. The molecule has 6 N–H and O–H groups in total. The molecule has 288 valence electrons. The predicted molar refractivity (Wildman–Crippen MR) is 217 cm³/mol. The van der Waals surface area contributed by atoms with Crippen LogP contribution in [0.5, 0.6) is 0 Å². The molecule has 6 aromatic rings. The van der Waals surface area contributed by atoms with Gasteiger partial charge in [-0.15, -0.1) is 0 Å². The second-order valence-electron chi connectivity index (χ2n) is 12.5. The second-order valence-corrected chi connectivity index (χ2v) is 16.4. The first-order valence-corrected chi connectivity index (χ1v) is 20.4. The van der Waals surface area contributed by atoms with Crippen molar-refractivity contribution >= 4 is 66.4 Å². The molecule has 2 amide bonds. The highest BCUT2D eigenvalue weighted by Gasteiger charge is 2.21. The number of hydrogen-bond donors (Lipinski definition) is 4. The van der Waals surface area contributed by atoms with E-state index in [1.54, 1.807) is 109 Å². The van der Waals surface area contributed by atoms with E-state index in [4.69, 9.17) is 38.7 Å². The number of aromatic nitrogens is 2. The summed E-state index contributed by atoms with van der Waals surface area (Å²) in [5.41, 5.74) is 4.38. The molecule has 0 unspecified atom stereocenters. The summed E-state index contributed by atoms with van der Waals surface area (Å²) in [5, 5.41) is 26.2. The highest BCUT2D eigenvalue weighted by atomic mass is 35.5. The molecule has 2 aromatic heterocycles. The van der Waals surface area contributed by atoms with Gasteiger partial charge in [0.25, 0.3) is 0 Å². The molecule has 56 heavy (non-hydrogen) atoms. The quantitative estimate of drug-likeness (QED) is 0.125. The average molecular weight is 833 g/mol. The van der Waals surface area contributed by atoms with Gasteiger partial charge in [-0.1, -0.05) is 65.7 Å². The Bertz CT molecular complexity index is 2720. The highest BCUT2D eigenvalue weighted by molar-refractivity contribution is 7.89. The van der Waals surface area contributed by atoms with E-state index in [1.807, 2.05) is 23.9 Å². The van der Waals surface area contributed by atoms with E-state index in [9.17, 15) is 26.4 Å². The van der Waals surface area contributed by atoms with Crippen molar-refractivity contribution in [3.8, 4) is 28.5 Å². The lowest BCUT2D eigenvalue weighted by molar-refractivity contribution is -0.116. The molecule has 4 aromatic carbocycles. The van der Waals surface area contributed by atoms with E-state index in [-0.39, 0.29) is 40.1 Å². The van der Waals surface area contributed by atoms with Gasteiger partial charge < -0.3 is 19.8 Å². The minimum absolute atomic E-state index is 0.0372. The number of hydrogen-bond acceptors (Lipinski definition) is 7. The summed E-state index contributed by atoms with van der Waals surface area (Å²) in [6.45, 7) is 0. The van der Waals surface area contributed by atoms with Crippen LogP contribution in [0.1, 0.15) is 16.8 Å². The van der Waals surface area contributed by atoms with Gasteiger partial charge in [-0.25, -0.2) is 27.1 Å². The van der Waals surface area contributed by atoms with E-state index in [0.717, 1.165) is 5.56 Å². The zero-order valence-corrected chi connectivity index (χ0v) is 33.0. The summed E-state index contributed by atoms with van der Waals surface area (Å²) in [7, 11) is -4.58. The van der Waals surface area contributed by atoms with Crippen molar-refractivity contribution in [1.82, 2.24) is 9.13 Å². The first-order valence-electron chi connectivity index (χ1n) is 16.5. The fourth-order valence-corrected chi connectivity index (χ4v) is 7.68. The molecule has 0 saturated heterocycles. The molecule has 6 rings (SSSR count). The van der Waals surface area contributed by atoms with Crippen LogP contribution in [0.2, 0.25) is 10.0 Å². The van der Waals surface area contributed by atoms with Crippen molar-refractivity contribution in [3.05, 3.63) is 142 Å². The van der Waals surface area contributed by atoms with Crippen molar-refractivity contribution in [2.24, 2.45) is 24.4 Å². The topological polar surface area (TPSA) is 212 Å². The third-order valence-electron chi connectivity index (χ3n) is 8.42. The molecule has 0 bridgehead atoms. The van der Waals surface area contributed by atoms with Crippen LogP contribution in [0.4, 0.5) is 11.4 Å². The Morgan fingerprint density at radius 1 is 0.696 bits per heavy atom. The Balaban J connectivity index is 0.000000215. The maximum atomic E-state index is 12.4. The van der Waals surface area contributed by atoms with Gasteiger partial charge in [0.05, 0.1) is 28.3 Å². The number of nitrogens with one attached hydrogen (secondary N) is 2. The number of nitrogens with two attached hydrogens (primary N) is 2. The van der Waals surface area contributed by atoms with Crippen LogP contribution < -0.4 is 20.9 Å². The molecule has 0 fully saturated rings. The molecule has 0 atom stereocenters. The third kappa shape index (κ3) is 10.3. The van der Waals surface area contributed by atoms with E-state index in [2.05, 4.69) is 10.6 Å². The number of primary sulfonamides is 2. The molecular formula is C39H35Cl2N7O6S2. The first kappa shape index (κ1) is 41.4. The third-order valence-corrected chi connectivity index (χ3v) is 11.1. The average Bonchev–Trinajstić information content (AvgIpc) is 3.74. The van der Waals surface area contributed by atoms with Gasteiger partial charge in [0.15, 0.2) is 0 Å². The number of nitrogens with zero attached hydrogens (tertiary/aromatic N) is 3. The zero-order valence-electron chi connectivity index (χ0n) is 29.9. The smallest absolute Gasteiger partial charge is 0.238 e. The SMILES string of the molecule is Cn1c(C#N)ccc1-c1ccc(NC(=O)Cc2ccccc2Cl)cc1S(N)(=O)=O.Cn1ccc(-c2ccc(NC(=O)Cc3ccccc3Cl)cc2S(N)(=O)=O)c1. The lowest BCUT2D eigenvalue weighted by atomic mass is 10.1. The van der Waals surface area contributed by atoms with E-state index >= 15 is 0 Å². The Morgan fingerprint density at radius 3 is 1.61 bits per heavy atom. The number of rotatable bonds is 10. The van der Waals surface area contributed by atoms with E-state index < -0.39 is 20.0 Å². The Morgan fingerprint density at radius 2 is 1.18 bits per heavy atom. The number of carbonyl (C=O) groups is 2. The van der Waals surface area contributed by atoms with Gasteiger partial charge >= 0.3 is 0 Å². The summed E-state index contributed by atoms with van der Waals surface area (Å²) in [4.78, 5) is 24.4. The minimum atomic E-state index is -4.09. The van der Waals surface area contributed by atoms with Gasteiger partial charge in [-0.3, -0.25) is 9.59 Å². The molecule has 0 aliphatic rings. The second kappa shape index (κ2) is 17.4. The Hall–Kier alpha value is -5.73. The largest absolute Gasteiger partial charge is 0.357 e. The van der Waals surface area contributed by atoms with Crippen molar-refractivity contribution in [1.29, 1.82) is 5.26 Å². The van der Waals surface area contributed by atoms with Crippen molar-refractivity contribution < 1.29 is 26.4 Å². The van der Waals surface area contributed by atoms with Crippen LogP contribution in [0, 0.1) is 11.3 Å². The van der Waals surface area contributed by atoms with E-state index in [1.165, 1.54) is 12.1 Å². The van der Waals surface area contributed by atoms with Gasteiger partial charge in [-0.2, -0.15) is 5.26 Å². The number of sulfonamides is 2. The van der Waals surface area contributed by atoms with Crippen LogP contribution >= 0.6 is 23.2 Å². The summed E-state index contributed by atoms with van der Waals surface area (Å²) >= 11 is 12.1. The summed E-state index contributed by atoms with van der Waals surface area (Å²) < 4.78 is 51.8. The maximum absolute atomic E-state index is 12.4. The molecule has 13 nitrogen and oxygen atoms in total. The Kier molecular flexibility index (Phi) is 12.9. The van der Waals surface area contributed by atoms with Crippen LogP contribution in [-0.2, 0) is 56.6 Å². The van der Waals surface area contributed by atoms with E-state index in [0.29, 0.717) is 49.4 Å². The zero-order chi connectivity index (χ0) is 40.8. The van der Waals surface area contributed by atoms with Gasteiger partial charge in [-0.05, 0) is 71.8 Å². The number of halogens is 2. The lowest BCUT2D eigenvalue weighted by Gasteiger charge is -2.13. The maximum Gasteiger partial charge on any atom is 0.238 e. The lowest BCUT2D eigenvalue weighted by Crippen LogP contribution is -2.17. The fraction of sp³-hybridized carbons (Fsp3) is 0.103. The standard InChI is InChI=1S/C20H17ClN4O3S.C19H18ClN3O3S/c1-25-15(12-22)7-9-18(25)16-8-6-14(11-19(16)29(23,27)28)24-20(26)10-13-4-2-3-5-17(13)21;1-23-9-8-14(12-23)16-7-6-15(11-18(16)27(21,25)26)22-19(24)10-13-4-2-3-5-17(13)20/h2-9,11H,10H2,1H3,(H,24,26)(H2,23,27,28);2-9,11-12H,10H2,1H3,(H,22,24)(H2,21,25,26).